The van der Waals surface area contributed by atoms with Crippen LogP contribution < -0.4 is 0 Å². The van der Waals surface area contributed by atoms with Gasteiger partial charge in [0.05, 0.1) is 5.92 Å². The molecule has 0 amide bonds. The Bertz CT molecular complexity index is 208. The van der Waals surface area contributed by atoms with Gasteiger partial charge in [-0.05, 0) is 37.0 Å². The van der Waals surface area contributed by atoms with E-state index in [2.05, 4.69) is 20.8 Å². The third kappa shape index (κ3) is 2.73. The van der Waals surface area contributed by atoms with Crippen molar-refractivity contribution in [3.05, 3.63) is 0 Å². The highest BCUT2D eigenvalue weighted by Gasteiger charge is 2.37. The fourth-order valence-corrected chi connectivity index (χ4v) is 2.74. The van der Waals surface area contributed by atoms with E-state index < -0.39 is 5.97 Å². The van der Waals surface area contributed by atoms with Crippen molar-refractivity contribution in [2.24, 2.45) is 17.3 Å². The molecule has 82 valence electrons. The summed E-state index contributed by atoms with van der Waals surface area (Å²) in [5, 5.41) is 9.11. The molecule has 1 N–H and O–H groups in total. The smallest absolute Gasteiger partial charge is 0.306 e. The third-order valence-electron chi connectivity index (χ3n) is 3.49. The molecule has 0 bridgehead atoms. The van der Waals surface area contributed by atoms with E-state index >= 15 is 0 Å². The van der Waals surface area contributed by atoms with Crippen molar-refractivity contribution in [1.29, 1.82) is 0 Å². The van der Waals surface area contributed by atoms with E-state index in [1.54, 1.807) is 0 Å². The summed E-state index contributed by atoms with van der Waals surface area (Å²) in [6.07, 6.45) is 5.18. The third-order valence-corrected chi connectivity index (χ3v) is 3.49. The summed E-state index contributed by atoms with van der Waals surface area (Å²) < 4.78 is 0. The van der Waals surface area contributed by atoms with Crippen LogP contribution in [0.3, 0.4) is 0 Å². The first-order valence-electron chi connectivity index (χ1n) is 5.69. The molecule has 2 nitrogen and oxygen atoms in total. The van der Waals surface area contributed by atoms with Crippen molar-refractivity contribution in [1.82, 2.24) is 0 Å². The second-order valence-corrected chi connectivity index (χ2v) is 5.40. The highest BCUT2D eigenvalue weighted by Crippen LogP contribution is 2.43. The minimum absolute atomic E-state index is 0.0806. The highest BCUT2D eigenvalue weighted by molar-refractivity contribution is 5.70. The molecule has 0 spiro atoms. The molecule has 14 heavy (non-hydrogen) atoms. The molecule has 1 rings (SSSR count). The molecule has 0 aromatic rings. The average Bonchev–Trinajstić information content (AvgIpc) is 2.02. The van der Waals surface area contributed by atoms with Crippen molar-refractivity contribution in [2.45, 2.75) is 52.9 Å². The Hall–Kier alpha value is -0.530. The van der Waals surface area contributed by atoms with Gasteiger partial charge in [-0.25, -0.2) is 0 Å². The SMILES string of the molecule is CCCC1CC(C)(C)CCC1C(=O)O. The van der Waals surface area contributed by atoms with Crippen LogP contribution in [0.25, 0.3) is 0 Å². The van der Waals surface area contributed by atoms with E-state index in [4.69, 9.17) is 5.11 Å². The first-order valence-corrected chi connectivity index (χ1v) is 5.69. The van der Waals surface area contributed by atoms with Gasteiger partial charge in [0.25, 0.3) is 0 Å². The molecule has 0 aliphatic heterocycles. The van der Waals surface area contributed by atoms with Crippen molar-refractivity contribution >= 4 is 5.97 Å². The zero-order valence-electron chi connectivity index (χ0n) is 9.55. The molecule has 0 saturated heterocycles. The minimum atomic E-state index is -0.584. The Labute approximate surface area is 86.7 Å². The molecule has 1 aliphatic carbocycles. The summed E-state index contributed by atoms with van der Waals surface area (Å²) in [5.74, 6) is -0.261. The van der Waals surface area contributed by atoms with Gasteiger partial charge < -0.3 is 5.11 Å². The molecule has 2 unspecified atom stereocenters. The Morgan fingerprint density at radius 1 is 1.50 bits per heavy atom. The Kier molecular flexibility index (Phi) is 3.57. The van der Waals surface area contributed by atoms with Crippen LogP contribution in [0.15, 0.2) is 0 Å². The number of carbonyl (C=O) groups is 1. The number of carboxylic acid groups (broad SMARTS) is 1. The average molecular weight is 198 g/mol. The summed E-state index contributed by atoms with van der Waals surface area (Å²) in [6, 6.07) is 0. The largest absolute Gasteiger partial charge is 0.481 e. The Balaban J connectivity index is 2.65. The van der Waals surface area contributed by atoms with E-state index in [0.29, 0.717) is 11.3 Å². The van der Waals surface area contributed by atoms with Crippen LogP contribution in [0.1, 0.15) is 52.9 Å². The van der Waals surface area contributed by atoms with Gasteiger partial charge in [-0.2, -0.15) is 0 Å². The van der Waals surface area contributed by atoms with E-state index in [9.17, 15) is 4.79 Å². The zero-order chi connectivity index (χ0) is 10.8. The maximum absolute atomic E-state index is 11.1. The lowest BCUT2D eigenvalue weighted by Crippen LogP contribution is -2.34. The summed E-state index contributed by atoms with van der Waals surface area (Å²) in [5.41, 5.74) is 0.353. The van der Waals surface area contributed by atoms with E-state index in [0.717, 1.165) is 32.1 Å². The molecular formula is C12H22O2. The van der Waals surface area contributed by atoms with Crippen molar-refractivity contribution < 1.29 is 9.90 Å². The van der Waals surface area contributed by atoms with Gasteiger partial charge in [-0.1, -0.05) is 27.2 Å². The van der Waals surface area contributed by atoms with E-state index in [1.165, 1.54) is 0 Å². The van der Waals surface area contributed by atoms with Crippen LogP contribution >= 0.6 is 0 Å². The molecule has 0 aromatic carbocycles. The molecule has 2 atom stereocenters. The maximum Gasteiger partial charge on any atom is 0.306 e. The number of hydrogen-bond acceptors (Lipinski definition) is 1. The van der Waals surface area contributed by atoms with Crippen LogP contribution in [0.2, 0.25) is 0 Å². The summed E-state index contributed by atoms with van der Waals surface area (Å²) in [6.45, 7) is 6.65. The lowest BCUT2D eigenvalue weighted by atomic mass is 9.66. The molecule has 1 aliphatic rings. The molecule has 2 heteroatoms. The normalized spacial score (nSPS) is 31.4. The minimum Gasteiger partial charge on any atom is -0.481 e. The van der Waals surface area contributed by atoms with Crippen LogP contribution in [-0.2, 0) is 4.79 Å². The number of hydrogen-bond donors (Lipinski definition) is 1. The predicted molar refractivity (Wildman–Crippen MR) is 57.2 cm³/mol. The van der Waals surface area contributed by atoms with Gasteiger partial charge in [-0.3, -0.25) is 4.79 Å². The lowest BCUT2D eigenvalue weighted by Gasteiger charge is -2.39. The first kappa shape index (κ1) is 11.5. The Morgan fingerprint density at radius 3 is 2.64 bits per heavy atom. The quantitative estimate of drug-likeness (QED) is 0.755. The number of carboxylic acids is 1. The number of rotatable bonds is 3. The monoisotopic (exact) mass is 198 g/mol. The lowest BCUT2D eigenvalue weighted by molar-refractivity contribution is -0.146. The van der Waals surface area contributed by atoms with E-state index in [1.807, 2.05) is 0 Å². The number of aliphatic carboxylic acids is 1. The van der Waals surface area contributed by atoms with Crippen LogP contribution in [0.5, 0.6) is 0 Å². The molecule has 0 heterocycles. The Morgan fingerprint density at radius 2 is 2.14 bits per heavy atom. The standard InChI is InChI=1S/C12H22O2/c1-4-5-9-8-12(2,3)7-6-10(9)11(13)14/h9-10H,4-8H2,1-3H3,(H,13,14). The van der Waals surface area contributed by atoms with Gasteiger partial charge in [0.15, 0.2) is 0 Å². The van der Waals surface area contributed by atoms with Gasteiger partial charge in [0.1, 0.15) is 0 Å². The molecule has 1 saturated carbocycles. The maximum atomic E-state index is 11.1. The fourth-order valence-electron chi connectivity index (χ4n) is 2.74. The van der Waals surface area contributed by atoms with Crippen molar-refractivity contribution in [3.63, 3.8) is 0 Å². The summed E-state index contributed by atoms with van der Waals surface area (Å²) in [4.78, 5) is 11.1. The van der Waals surface area contributed by atoms with Gasteiger partial charge >= 0.3 is 5.97 Å². The van der Waals surface area contributed by atoms with Crippen LogP contribution in [0, 0.1) is 17.3 Å². The fraction of sp³-hybridized carbons (Fsp3) is 0.917. The van der Waals surface area contributed by atoms with Gasteiger partial charge in [-0.15, -0.1) is 0 Å². The van der Waals surface area contributed by atoms with Gasteiger partial charge in [0.2, 0.25) is 0 Å². The van der Waals surface area contributed by atoms with Crippen molar-refractivity contribution in [3.8, 4) is 0 Å². The topological polar surface area (TPSA) is 37.3 Å². The van der Waals surface area contributed by atoms with Crippen molar-refractivity contribution in [2.75, 3.05) is 0 Å². The first-order chi connectivity index (χ1) is 6.46. The molecule has 0 radical (unpaired) electrons. The van der Waals surface area contributed by atoms with E-state index in [-0.39, 0.29) is 5.92 Å². The van der Waals surface area contributed by atoms with Crippen LogP contribution in [0.4, 0.5) is 0 Å². The summed E-state index contributed by atoms with van der Waals surface area (Å²) >= 11 is 0. The molecular weight excluding hydrogens is 176 g/mol. The molecule has 1 fully saturated rings. The second-order valence-electron chi connectivity index (χ2n) is 5.40. The molecule has 0 aromatic heterocycles. The van der Waals surface area contributed by atoms with Gasteiger partial charge in [0, 0.05) is 0 Å². The summed E-state index contributed by atoms with van der Waals surface area (Å²) in [7, 11) is 0. The zero-order valence-corrected chi connectivity index (χ0v) is 9.55. The highest BCUT2D eigenvalue weighted by atomic mass is 16.4. The second kappa shape index (κ2) is 4.33. The van der Waals surface area contributed by atoms with Crippen LogP contribution in [-0.4, -0.2) is 11.1 Å². The predicted octanol–water partition coefficient (Wildman–Crippen LogP) is 3.31.